The van der Waals surface area contributed by atoms with Crippen molar-refractivity contribution in [2.45, 2.75) is 31.6 Å². The van der Waals surface area contributed by atoms with Crippen LogP contribution in [0.4, 0.5) is 5.82 Å². The molecule has 0 amide bonds. The first-order valence-corrected chi connectivity index (χ1v) is 8.11. The summed E-state index contributed by atoms with van der Waals surface area (Å²) in [6.45, 7) is 3.89. The van der Waals surface area contributed by atoms with Gasteiger partial charge in [-0.05, 0) is 31.0 Å². The molecule has 7 heteroatoms. The molecule has 108 valence electrons. The van der Waals surface area contributed by atoms with Gasteiger partial charge < -0.3 is 0 Å². The van der Waals surface area contributed by atoms with Crippen molar-refractivity contribution < 1.29 is 8.42 Å². The van der Waals surface area contributed by atoms with Crippen molar-refractivity contribution >= 4 is 27.4 Å². The third-order valence-corrected chi connectivity index (χ3v) is 4.60. The van der Waals surface area contributed by atoms with Crippen LogP contribution in [0.1, 0.15) is 24.6 Å². The van der Waals surface area contributed by atoms with Crippen molar-refractivity contribution in [3.63, 3.8) is 0 Å². The summed E-state index contributed by atoms with van der Waals surface area (Å²) in [6, 6.07) is 6.49. The Morgan fingerprint density at radius 2 is 2.10 bits per heavy atom. The number of hydrogen-bond acceptors (Lipinski definition) is 3. The highest BCUT2D eigenvalue weighted by Crippen LogP contribution is 2.24. The Morgan fingerprint density at radius 1 is 1.35 bits per heavy atom. The Labute approximate surface area is 123 Å². The van der Waals surface area contributed by atoms with Crippen LogP contribution in [-0.2, 0) is 16.4 Å². The SMILES string of the molecule is CCCc1cc(NS(=O)(=O)c2ccc(C)cc2Cl)n[nH]1. The molecule has 1 aromatic heterocycles. The second-order valence-corrected chi connectivity index (χ2v) is 6.63. The number of aromatic nitrogens is 2. The fraction of sp³-hybridized carbons (Fsp3) is 0.308. The molecule has 0 fully saturated rings. The Kier molecular flexibility index (Phi) is 4.35. The van der Waals surface area contributed by atoms with Crippen LogP contribution in [-0.4, -0.2) is 18.6 Å². The molecule has 1 aromatic carbocycles. The molecular formula is C13H16ClN3O2S. The Morgan fingerprint density at radius 3 is 2.75 bits per heavy atom. The second kappa shape index (κ2) is 5.85. The third kappa shape index (κ3) is 3.32. The van der Waals surface area contributed by atoms with Gasteiger partial charge in [0.1, 0.15) is 4.90 Å². The van der Waals surface area contributed by atoms with E-state index in [0.29, 0.717) is 0 Å². The van der Waals surface area contributed by atoms with Gasteiger partial charge in [-0.3, -0.25) is 9.82 Å². The smallest absolute Gasteiger partial charge is 0.264 e. The Balaban J connectivity index is 2.26. The fourth-order valence-corrected chi connectivity index (χ4v) is 3.42. The number of anilines is 1. The number of sulfonamides is 1. The number of benzene rings is 1. The lowest BCUT2D eigenvalue weighted by Crippen LogP contribution is -2.13. The number of aromatic amines is 1. The van der Waals surface area contributed by atoms with Crippen LogP contribution in [0.3, 0.4) is 0 Å². The quantitative estimate of drug-likeness (QED) is 0.890. The predicted molar refractivity (Wildman–Crippen MR) is 79.6 cm³/mol. The lowest BCUT2D eigenvalue weighted by atomic mass is 10.2. The summed E-state index contributed by atoms with van der Waals surface area (Å²) in [5, 5.41) is 6.93. The monoisotopic (exact) mass is 313 g/mol. The molecule has 0 unspecified atom stereocenters. The lowest BCUT2D eigenvalue weighted by Gasteiger charge is -2.07. The van der Waals surface area contributed by atoms with Gasteiger partial charge in [0.2, 0.25) is 0 Å². The average molecular weight is 314 g/mol. The van der Waals surface area contributed by atoms with Crippen LogP contribution in [0.25, 0.3) is 0 Å². The second-order valence-electron chi connectivity index (χ2n) is 4.57. The molecule has 1 heterocycles. The van der Waals surface area contributed by atoms with Gasteiger partial charge in [-0.2, -0.15) is 5.10 Å². The Hall–Kier alpha value is -1.53. The normalized spacial score (nSPS) is 11.6. The minimum Gasteiger partial charge on any atom is -0.280 e. The van der Waals surface area contributed by atoms with Gasteiger partial charge in [0, 0.05) is 11.8 Å². The van der Waals surface area contributed by atoms with Gasteiger partial charge in [-0.15, -0.1) is 0 Å². The van der Waals surface area contributed by atoms with Crippen LogP contribution in [0.2, 0.25) is 5.02 Å². The molecule has 20 heavy (non-hydrogen) atoms. The standard InChI is InChI=1S/C13H16ClN3O2S/c1-3-4-10-8-13(16-15-10)17-20(18,19)12-6-5-9(2)7-11(12)14/h5-8H,3-4H2,1-2H3,(H2,15,16,17). The van der Waals surface area contributed by atoms with E-state index in [2.05, 4.69) is 14.9 Å². The average Bonchev–Trinajstić information content (AvgIpc) is 2.75. The van der Waals surface area contributed by atoms with Crippen molar-refractivity contribution in [1.82, 2.24) is 10.2 Å². The number of aryl methyl sites for hydroxylation is 2. The van der Waals surface area contributed by atoms with Crippen LogP contribution < -0.4 is 4.72 Å². The lowest BCUT2D eigenvalue weighted by molar-refractivity contribution is 0.601. The van der Waals surface area contributed by atoms with Crippen molar-refractivity contribution in [2.24, 2.45) is 0 Å². The molecule has 0 spiro atoms. The maximum Gasteiger partial charge on any atom is 0.264 e. The van der Waals surface area contributed by atoms with E-state index in [-0.39, 0.29) is 15.7 Å². The fourth-order valence-electron chi connectivity index (χ4n) is 1.83. The minimum absolute atomic E-state index is 0.0461. The molecule has 0 saturated heterocycles. The zero-order valence-corrected chi connectivity index (χ0v) is 12.8. The van der Waals surface area contributed by atoms with E-state index in [1.165, 1.54) is 6.07 Å². The van der Waals surface area contributed by atoms with Crippen molar-refractivity contribution in [2.75, 3.05) is 4.72 Å². The number of H-pyrrole nitrogens is 1. The van der Waals surface area contributed by atoms with E-state index in [1.807, 2.05) is 13.8 Å². The zero-order valence-electron chi connectivity index (χ0n) is 11.3. The predicted octanol–water partition coefficient (Wildman–Crippen LogP) is 3.12. The first kappa shape index (κ1) is 14.9. The Bertz CT molecular complexity index is 710. The molecule has 2 N–H and O–H groups in total. The highest BCUT2D eigenvalue weighted by Gasteiger charge is 2.19. The van der Waals surface area contributed by atoms with E-state index < -0.39 is 10.0 Å². The van der Waals surface area contributed by atoms with Crippen LogP contribution in [0.15, 0.2) is 29.2 Å². The number of halogens is 1. The van der Waals surface area contributed by atoms with Gasteiger partial charge in [-0.1, -0.05) is 31.0 Å². The maximum absolute atomic E-state index is 12.3. The van der Waals surface area contributed by atoms with E-state index in [4.69, 9.17) is 11.6 Å². The topological polar surface area (TPSA) is 74.8 Å². The van der Waals surface area contributed by atoms with Gasteiger partial charge in [0.15, 0.2) is 5.82 Å². The summed E-state index contributed by atoms with van der Waals surface area (Å²) in [6.07, 6.45) is 1.78. The van der Waals surface area contributed by atoms with Crippen molar-refractivity contribution in [1.29, 1.82) is 0 Å². The third-order valence-electron chi connectivity index (χ3n) is 2.77. The maximum atomic E-state index is 12.3. The minimum atomic E-state index is -3.73. The van der Waals surface area contributed by atoms with Gasteiger partial charge >= 0.3 is 0 Å². The zero-order chi connectivity index (χ0) is 14.8. The van der Waals surface area contributed by atoms with Gasteiger partial charge in [0.25, 0.3) is 10.0 Å². The van der Waals surface area contributed by atoms with Crippen LogP contribution in [0.5, 0.6) is 0 Å². The number of nitrogens with zero attached hydrogens (tertiary/aromatic N) is 1. The van der Waals surface area contributed by atoms with Crippen molar-refractivity contribution in [3.05, 3.63) is 40.5 Å². The number of hydrogen-bond donors (Lipinski definition) is 2. The highest BCUT2D eigenvalue weighted by atomic mass is 35.5. The van der Waals surface area contributed by atoms with Crippen molar-refractivity contribution in [3.8, 4) is 0 Å². The van der Waals surface area contributed by atoms with E-state index in [0.717, 1.165) is 24.1 Å². The first-order valence-electron chi connectivity index (χ1n) is 6.25. The largest absolute Gasteiger partial charge is 0.280 e. The van der Waals surface area contributed by atoms with Gasteiger partial charge in [0.05, 0.1) is 5.02 Å². The first-order chi connectivity index (χ1) is 9.42. The molecule has 2 aromatic rings. The summed E-state index contributed by atoms with van der Waals surface area (Å²) >= 11 is 5.99. The number of nitrogens with one attached hydrogen (secondary N) is 2. The summed E-state index contributed by atoms with van der Waals surface area (Å²) in [5.41, 5.74) is 1.79. The molecule has 0 bridgehead atoms. The van der Waals surface area contributed by atoms with E-state index in [1.54, 1.807) is 18.2 Å². The van der Waals surface area contributed by atoms with Gasteiger partial charge in [-0.25, -0.2) is 8.42 Å². The summed E-state index contributed by atoms with van der Waals surface area (Å²) in [7, 11) is -3.73. The molecular weight excluding hydrogens is 298 g/mol. The molecule has 0 aliphatic carbocycles. The molecule has 5 nitrogen and oxygen atoms in total. The molecule has 0 saturated carbocycles. The number of rotatable bonds is 5. The molecule has 0 aliphatic rings. The molecule has 0 atom stereocenters. The summed E-state index contributed by atoms with van der Waals surface area (Å²) < 4.78 is 26.9. The highest BCUT2D eigenvalue weighted by molar-refractivity contribution is 7.92. The van der Waals surface area contributed by atoms with E-state index >= 15 is 0 Å². The molecule has 0 radical (unpaired) electrons. The molecule has 2 rings (SSSR count). The summed E-state index contributed by atoms with van der Waals surface area (Å²) in [5.74, 6) is 0.269. The van der Waals surface area contributed by atoms with Crippen LogP contribution >= 0.6 is 11.6 Å². The van der Waals surface area contributed by atoms with Crippen LogP contribution in [0, 0.1) is 6.92 Å². The summed E-state index contributed by atoms with van der Waals surface area (Å²) in [4.78, 5) is 0.0461. The molecule has 0 aliphatic heterocycles. The van der Waals surface area contributed by atoms with E-state index in [9.17, 15) is 8.42 Å².